The van der Waals surface area contributed by atoms with Crippen LogP contribution in [0.4, 0.5) is 0 Å². The smallest absolute Gasteiger partial charge is 0.255 e. The summed E-state index contributed by atoms with van der Waals surface area (Å²) in [5.74, 6) is 1.35. The fraction of sp³-hybridized carbons (Fsp3) is 0.333. The number of nitrogens with zero attached hydrogens (tertiary/aromatic N) is 5. The Morgan fingerprint density at radius 3 is 2.89 bits per heavy atom. The number of pyridine rings is 2. The molecule has 1 aliphatic rings. The van der Waals surface area contributed by atoms with Crippen LogP contribution in [0.2, 0.25) is 0 Å². The zero-order valence-electron chi connectivity index (χ0n) is 15.5. The van der Waals surface area contributed by atoms with Crippen molar-refractivity contribution in [1.82, 2.24) is 24.4 Å². The highest BCUT2D eigenvalue weighted by Crippen LogP contribution is 2.27. The average molecular weight is 361 g/mol. The van der Waals surface area contributed by atoms with E-state index in [-0.39, 0.29) is 11.8 Å². The van der Waals surface area contributed by atoms with Crippen LogP contribution in [0.15, 0.2) is 55.4 Å². The molecular weight excluding hydrogens is 338 g/mol. The Morgan fingerprint density at radius 1 is 1.19 bits per heavy atom. The number of aromatic nitrogens is 4. The molecule has 0 spiro atoms. The van der Waals surface area contributed by atoms with Crippen molar-refractivity contribution in [3.63, 3.8) is 0 Å². The molecule has 1 atom stereocenters. The molecule has 3 aromatic heterocycles. The van der Waals surface area contributed by atoms with Crippen LogP contribution in [-0.4, -0.2) is 43.4 Å². The van der Waals surface area contributed by atoms with Crippen molar-refractivity contribution in [3.8, 4) is 0 Å². The fourth-order valence-corrected chi connectivity index (χ4v) is 3.73. The molecule has 0 aromatic carbocycles. The first-order chi connectivity index (χ1) is 13.2. The first kappa shape index (κ1) is 17.4. The van der Waals surface area contributed by atoms with E-state index in [1.54, 1.807) is 18.6 Å². The van der Waals surface area contributed by atoms with E-state index in [1.165, 1.54) is 0 Å². The summed E-state index contributed by atoms with van der Waals surface area (Å²) < 4.78 is 2.17. The van der Waals surface area contributed by atoms with Crippen molar-refractivity contribution < 1.29 is 4.79 Å². The van der Waals surface area contributed by atoms with E-state index in [4.69, 9.17) is 0 Å². The minimum atomic E-state index is 0.0654. The van der Waals surface area contributed by atoms with Gasteiger partial charge < -0.3 is 9.47 Å². The Bertz CT molecular complexity index is 921. The number of likely N-dealkylation sites (tertiary alicyclic amines) is 1. The molecule has 0 saturated carbocycles. The van der Waals surface area contributed by atoms with Crippen LogP contribution < -0.4 is 0 Å². The number of aryl methyl sites for hydroxylation is 1. The molecular formula is C21H23N5O. The number of carbonyl (C=O) groups is 1. The van der Waals surface area contributed by atoms with Crippen molar-refractivity contribution >= 4 is 5.91 Å². The van der Waals surface area contributed by atoms with Gasteiger partial charge in [0.1, 0.15) is 5.82 Å². The van der Waals surface area contributed by atoms with Gasteiger partial charge in [0.25, 0.3) is 5.91 Å². The van der Waals surface area contributed by atoms with Gasteiger partial charge in [0.2, 0.25) is 0 Å². The van der Waals surface area contributed by atoms with Gasteiger partial charge in [0, 0.05) is 56.2 Å². The summed E-state index contributed by atoms with van der Waals surface area (Å²) in [6.45, 7) is 4.18. The molecule has 0 bridgehead atoms. The molecule has 1 amide bonds. The summed E-state index contributed by atoms with van der Waals surface area (Å²) in [7, 11) is 0. The summed E-state index contributed by atoms with van der Waals surface area (Å²) in [6, 6.07) is 5.90. The molecule has 0 N–H and O–H groups in total. The van der Waals surface area contributed by atoms with Gasteiger partial charge in [-0.2, -0.15) is 0 Å². The van der Waals surface area contributed by atoms with Crippen molar-refractivity contribution in [2.75, 3.05) is 13.1 Å². The van der Waals surface area contributed by atoms with Gasteiger partial charge in [-0.1, -0.05) is 6.07 Å². The molecule has 1 saturated heterocycles. The van der Waals surface area contributed by atoms with E-state index in [1.807, 2.05) is 42.5 Å². The van der Waals surface area contributed by atoms with Crippen LogP contribution >= 0.6 is 0 Å². The van der Waals surface area contributed by atoms with Crippen molar-refractivity contribution in [1.29, 1.82) is 0 Å². The molecule has 6 heteroatoms. The standard InChI is InChI=1S/C21H23N5O/c1-16-6-8-23-13-19(16)21(27)26-10-3-5-18(15-26)20-24-9-11-25(20)14-17-4-2-7-22-12-17/h2,4,6-9,11-13,18H,3,5,10,14-15H2,1H3/t18-/m0/s1. The fourth-order valence-electron chi connectivity index (χ4n) is 3.73. The highest BCUT2D eigenvalue weighted by atomic mass is 16.2. The van der Waals surface area contributed by atoms with Crippen LogP contribution in [0.5, 0.6) is 0 Å². The lowest BCUT2D eigenvalue weighted by Gasteiger charge is -2.33. The molecule has 4 rings (SSSR count). The molecule has 27 heavy (non-hydrogen) atoms. The van der Waals surface area contributed by atoms with Crippen molar-refractivity contribution in [2.45, 2.75) is 32.2 Å². The number of hydrogen-bond acceptors (Lipinski definition) is 4. The van der Waals surface area contributed by atoms with Gasteiger partial charge >= 0.3 is 0 Å². The van der Waals surface area contributed by atoms with Crippen LogP contribution in [-0.2, 0) is 6.54 Å². The van der Waals surface area contributed by atoms with Crippen LogP contribution in [0.1, 0.15) is 46.1 Å². The number of hydrogen-bond donors (Lipinski definition) is 0. The highest BCUT2D eigenvalue weighted by molar-refractivity contribution is 5.95. The lowest BCUT2D eigenvalue weighted by Crippen LogP contribution is -2.40. The number of carbonyl (C=O) groups excluding carboxylic acids is 1. The molecule has 3 aromatic rings. The third kappa shape index (κ3) is 3.74. The van der Waals surface area contributed by atoms with Crippen LogP contribution in [0, 0.1) is 6.92 Å². The Morgan fingerprint density at radius 2 is 2.07 bits per heavy atom. The quantitative estimate of drug-likeness (QED) is 0.716. The summed E-state index contributed by atoms with van der Waals surface area (Å²) >= 11 is 0. The van der Waals surface area contributed by atoms with E-state index in [0.717, 1.165) is 42.9 Å². The number of amides is 1. The first-order valence-corrected chi connectivity index (χ1v) is 9.32. The molecule has 138 valence electrons. The predicted octanol–water partition coefficient (Wildman–Crippen LogP) is 3.05. The average Bonchev–Trinajstić information content (AvgIpc) is 3.17. The zero-order chi connectivity index (χ0) is 18.6. The molecule has 6 nitrogen and oxygen atoms in total. The zero-order valence-corrected chi connectivity index (χ0v) is 15.5. The maximum atomic E-state index is 13.0. The maximum absolute atomic E-state index is 13.0. The maximum Gasteiger partial charge on any atom is 0.255 e. The minimum Gasteiger partial charge on any atom is -0.338 e. The molecule has 0 aliphatic carbocycles. The van der Waals surface area contributed by atoms with Gasteiger partial charge in [-0.25, -0.2) is 4.98 Å². The summed E-state index contributed by atoms with van der Waals surface area (Å²) in [4.78, 5) is 27.8. The predicted molar refractivity (Wildman–Crippen MR) is 102 cm³/mol. The lowest BCUT2D eigenvalue weighted by molar-refractivity contribution is 0.0702. The van der Waals surface area contributed by atoms with E-state index in [2.05, 4.69) is 25.6 Å². The van der Waals surface area contributed by atoms with E-state index in [9.17, 15) is 4.79 Å². The SMILES string of the molecule is Cc1ccncc1C(=O)N1CCC[C@H](c2nccn2Cc2cccnc2)C1. The van der Waals surface area contributed by atoms with Gasteiger partial charge in [0.15, 0.2) is 0 Å². The van der Waals surface area contributed by atoms with Crippen LogP contribution in [0.3, 0.4) is 0 Å². The highest BCUT2D eigenvalue weighted by Gasteiger charge is 2.28. The second kappa shape index (κ2) is 7.70. The Hall–Kier alpha value is -3.02. The molecule has 0 unspecified atom stereocenters. The Balaban J connectivity index is 1.52. The summed E-state index contributed by atoms with van der Waals surface area (Å²) in [5, 5.41) is 0. The van der Waals surface area contributed by atoms with Crippen molar-refractivity contribution in [2.24, 2.45) is 0 Å². The topological polar surface area (TPSA) is 63.9 Å². The first-order valence-electron chi connectivity index (χ1n) is 9.32. The minimum absolute atomic E-state index is 0.0654. The van der Waals surface area contributed by atoms with Crippen LogP contribution in [0.25, 0.3) is 0 Å². The third-order valence-corrected chi connectivity index (χ3v) is 5.17. The largest absolute Gasteiger partial charge is 0.338 e. The molecule has 1 aliphatic heterocycles. The monoisotopic (exact) mass is 361 g/mol. The Kier molecular flexibility index (Phi) is 4.96. The van der Waals surface area contributed by atoms with E-state index >= 15 is 0 Å². The normalized spacial score (nSPS) is 17.1. The molecule has 1 fully saturated rings. The lowest BCUT2D eigenvalue weighted by atomic mass is 9.96. The number of piperidine rings is 1. The van der Waals surface area contributed by atoms with E-state index in [0.29, 0.717) is 12.1 Å². The van der Waals surface area contributed by atoms with Gasteiger partial charge in [-0.15, -0.1) is 0 Å². The molecule has 0 radical (unpaired) electrons. The number of imidazole rings is 1. The Labute approximate surface area is 158 Å². The van der Waals surface area contributed by atoms with Gasteiger partial charge in [0.05, 0.1) is 12.1 Å². The second-order valence-corrected chi connectivity index (χ2v) is 7.06. The summed E-state index contributed by atoms with van der Waals surface area (Å²) in [6.07, 6.45) is 12.9. The third-order valence-electron chi connectivity index (χ3n) is 5.17. The molecule has 4 heterocycles. The number of rotatable bonds is 4. The summed E-state index contributed by atoms with van der Waals surface area (Å²) in [5.41, 5.74) is 2.80. The van der Waals surface area contributed by atoms with Gasteiger partial charge in [-0.3, -0.25) is 14.8 Å². The van der Waals surface area contributed by atoms with Gasteiger partial charge in [-0.05, 0) is 43.0 Å². The van der Waals surface area contributed by atoms with Crippen molar-refractivity contribution in [3.05, 3.63) is 77.9 Å². The van der Waals surface area contributed by atoms with E-state index < -0.39 is 0 Å². The second-order valence-electron chi connectivity index (χ2n) is 7.06.